The number of rotatable bonds is 9. The first-order chi connectivity index (χ1) is 33.7. The number of anilines is 3. The minimum absolute atomic E-state index is 0.610. The molecule has 11 aromatic carbocycles. The van der Waals surface area contributed by atoms with Crippen LogP contribution in [-0.4, -0.2) is 13.1 Å². The molecule has 68 heavy (non-hydrogen) atoms. The molecule has 4 nitrogen and oxygen atoms in total. The number of nitrogens with zero attached hydrogens (tertiary/aromatic N) is 2. The number of benzene rings is 11. The van der Waals surface area contributed by atoms with Crippen LogP contribution in [0.3, 0.4) is 0 Å². The molecule has 0 N–H and O–H groups in total. The predicted molar refractivity (Wildman–Crippen MR) is 285 cm³/mol. The van der Waals surface area contributed by atoms with E-state index in [1.54, 1.807) is 0 Å². The molecule has 0 spiro atoms. The lowest BCUT2D eigenvalue weighted by molar-refractivity contribution is 0.623. The van der Waals surface area contributed by atoms with Gasteiger partial charge in [-0.3, -0.25) is 0 Å². The van der Waals surface area contributed by atoms with Crippen LogP contribution < -0.4 is 25.6 Å². The summed E-state index contributed by atoms with van der Waals surface area (Å²) >= 11 is 0. The van der Waals surface area contributed by atoms with E-state index in [1.165, 1.54) is 20.7 Å². The number of oxazole rings is 1. The normalized spacial score (nSPS) is 11.8. The van der Waals surface area contributed by atoms with Gasteiger partial charge >= 0.3 is 0 Å². The van der Waals surface area contributed by atoms with Crippen LogP contribution in [0.1, 0.15) is 0 Å². The lowest BCUT2D eigenvalue weighted by Gasteiger charge is -2.35. The Morgan fingerprint density at radius 2 is 0.971 bits per heavy atom. The van der Waals surface area contributed by atoms with E-state index in [2.05, 4.69) is 229 Å². The minimum Gasteiger partial charge on any atom is -0.456 e. The van der Waals surface area contributed by atoms with Crippen molar-refractivity contribution in [2.75, 3.05) is 4.90 Å². The lowest BCUT2D eigenvalue weighted by atomic mass is 9.99. The topological polar surface area (TPSA) is 42.4 Å². The van der Waals surface area contributed by atoms with Crippen molar-refractivity contribution in [3.63, 3.8) is 0 Å². The van der Waals surface area contributed by atoms with Crippen molar-refractivity contribution in [3.05, 3.63) is 255 Å². The highest BCUT2D eigenvalue weighted by Gasteiger charge is 2.44. The molecule has 0 aliphatic carbocycles. The van der Waals surface area contributed by atoms with Crippen LogP contribution in [0.25, 0.3) is 77.2 Å². The number of hydrogen-bond acceptors (Lipinski definition) is 4. The summed E-state index contributed by atoms with van der Waals surface area (Å²) in [4.78, 5) is 7.44. The number of hydrogen-bond donors (Lipinski definition) is 0. The van der Waals surface area contributed by atoms with Gasteiger partial charge in [-0.05, 0) is 97.1 Å². The van der Waals surface area contributed by atoms with Gasteiger partial charge in [-0.15, -0.1) is 0 Å². The lowest BCUT2D eigenvalue weighted by Crippen LogP contribution is -2.74. The number of fused-ring (bicyclic) bond motifs is 8. The van der Waals surface area contributed by atoms with Gasteiger partial charge in [-0.25, -0.2) is 4.98 Å². The van der Waals surface area contributed by atoms with Crippen LogP contribution in [0, 0.1) is 0 Å². The molecule has 2 heterocycles. The Hall–Kier alpha value is -8.77. The van der Waals surface area contributed by atoms with Crippen LogP contribution in [0.5, 0.6) is 0 Å². The summed E-state index contributed by atoms with van der Waals surface area (Å²) in [7, 11) is -3.16. The third kappa shape index (κ3) is 6.39. The van der Waals surface area contributed by atoms with Crippen molar-refractivity contribution >= 4 is 100 Å². The Balaban J connectivity index is 1.10. The molecule has 0 unspecified atom stereocenters. The number of furan rings is 1. The fraction of sp³-hybridized carbons (Fsp3) is 0. The summed E-state index contributed by atoms with van der Waals surface area (Å²) in [6.45, 7) is 0. The molecule has 0 bridgehead atoms. The van der Waals surface area contributed by atoms with Gasteiger partial charge in [-0.2, -0.15) is 0 Å². The van der Waals surface area contributed by atoms with Crippen LogP contribution in [0.15, 0.2) is 264 Å². The molecule has 0 fully saturated rings. The van der Waals surface area contributed by atoms with E-state index in [9.17, 15) is 0 Å². The molecule has 0 aliphatic rings. The zero-order valence-corrected chi connectivity index (χ0v) is 38.0. The Labute approximate surface area is 394 Å². The fourth-order valence-electron chi connectivity index (χ4n) is 10.6. The van der Waals surface area contributed by atoms with Gasteiger partial charge in [0, 0.05) is 38.7 Å². The zero-order valence-electron chi connectivity index (χ0n) is 37.0. The van der Waals surface area contributed by atoms with E-state index in [-0.39, 0.29) is 0 Å². The largest absolute Gasteiger partial charge is 0.456 e. The second-order valence-corrected chi connectivity index (χ2v) is 21.2. The Kier molecular flexibility index (Phi) is 9.48. The van der Waals surface area contributed by atoms with E-state index in [1.807, 2.05) is 30.3 Å². The van der Waals surface area contributed by atoms with E-state index in [0.29, 0.717) is 5.89 Å². The maximum Gasteiger partial charge on any atom is 0.227 e. The molecule has 320 valence electrons. The van der Waals surface area contributed by atoms with Gasteiger partial charge in [-0.1, -0.05) is 200 Å². The summed E-state index contributed by atoms with van der Waals surface area (Å²) in [5.41, 5.74) is 9.78. The van der Waals surface area contributed by atoms with Gasteiger partial charge < -0.3 is 13.7 Å². The molecular weight excluding hydrogens is 845 g/mol. The monoisotopic (exact) mass is 886 g/mol. The molecule has 0 radical (unpaired) electrons. The van der Waals surface area contributed by atoms with Crippen LogP contribution in [0.2, 0.25) is 0 Å². The molecule has 0 amide bonds. The molecule has 0 aliphatic heterocycles. The second-order valence-electron chi connectivity index (χ2n) is 17.4. The fourth-order valence-corrected chi connectivity index (χ4v) is 15.5. The highest BCUT2D eigenvalue weighted by molar-refractivity contribution is 7.20. The molecule has 13 aromatic rings. The molecule has 0 atom stereocenters. The van der Waals surface area contributed by atoms with Gasteiger partial charge in [0.2, 0.25) is 5.89 Å². The summed E-state index contributed by atoms with van der Waals surface area (Å²) < 4.78 is 13.7. The third-order valence-corrected chi connectivity index (χ3v) is 18.4. The maximum atomic E-state index is 6.98. The van der Waals surface area contributed by atoms with Crippen molar-refractivity contribution in [3.8, 4) is 22.6 Å². The number of aromatic nitrogens is 1. The van der Waals surface area contributed by atoms with Gasteiger partial charge in [0.1, 0.15) is 16.7 Å². The Bertz CT molecular complexity index is 3940. The maximum absolute atomic E-state index is 6.98. The van der Waals surface area contributed by atoms with Crippen LogP contribution in [-0.2, 0) is 0 Å². The predicted octanol–water partition coefficient (Wildman–Crippen LogP) is 14.2. The van der Waals surface area contributed by atoms with Gasteiger partial charge in [0.15, 0.2) is 13.7 Å². The van der Waals surface area contributed by atoms with Crippen molar-refractivity contribution in [2.24, 2.45) is 0 Å². The quantitative estimate of drug-likeness (QED) is 0.0823. The number of para-hydroxylation sites is 3. The van der Waals surface area contributed by atoms with E-state index < -0.39 is 8.07 Å². The van der Waals surface area contributed by atoms with Crippen molar-refractivity contribution in [1.82, 2.24) is 4.98 Å². The first kappa shape index (κ1) is 39.6. The smallest absolute Gasteiger partial charge is 0.227 e. The SMILES string of the molecule is c1ccc(-c2nc3ccc4ccc5ccc(N(c6cccc([Si](c7ccccc7)(c7ccccc7)c7cccc8c7oc7ccccc78)c6)c6ccccc6-c6ccccc6)cc5c4c3o2)cc1. The second kappa shape index (κ2) is 16.3. The first-order valence-corrected chi connectivity index (χ1v) is 25.1. The van der Waals surface area contributed by atoms with Crippen LogP contribution >= 0.6 is 0 Å². The van der Waals surface area contributed by atoms with E-state index >= 15 is 0 Å². The molecule has 2 aromatic heterocycles. The van der Waals surface area contributed by atoms with Crippen molar-refractivity contribution in [1.29, 1.82) is 0 Å². The summed E-state index contributed by atoms with van der Waals surface area (Å²) in [6.07, 6.45) is 0. The van der Waals surface area contributed by atoms with E-state index in [0.717, 1.165) is 88.3 Å². The Morgan fingerprint density at radius 3 is 1.75 bits per heavy atom. The summed E-state index contributed by atoms with van der Waals surface area (Å²) in [5.74, 6) is 0.610. The minimum atomic E-state index is -3.16. The summed E-state index contributed by atoms with van der Waals surface area (Å²) in [6, 6.07) is 91.7. The highest BCUT2D eigenvalue weighted by atomic mass is 28.3. The standard InChI is InChI=1S/C63H42N2O2Si/c1-5-19-43(20-6-1)52-29-13-15-32-57(52)65(48-39-37-44-35-36-45-38-40-56-62(60(45)55(44)42-48)67-63(64-56)46-21-7-2-8-22-46)47-23-17-28-51(41-47)68(49-24-9-3-10-25-49,50-26-11-4-12-27-50)59-34-18-31-54-53-30-14-16-33-58(53)66-61(54)59/h1-42H. The molecule has 0 saturated carbocycles. The Morgan fingerprint density at radius 1 is 0.382 bits per heavy atom. The molecular formula is C63H42N2O2Si. The first-order valence-electron chi connectivity index (χ1n) is 23.1. The third-order valence-electron chi connectivity index (χ3n) is 13.6. The highest BCUT2D eigenvalue weighted by Crippen LogP contribution is 2.43. The van der Waals surface area contributed by atoms with E-state index in [4.69, 9.17) is 13.8 Å². The van der Waals surface area contributed by atoms with Crippen molar-refractivity contribution in [2.45, 2.75) is 0 Å². The average molecular weight is 887 g/mol. The molecule has 5 heteroatoms. The average Bonchev–Trinajstić information content (AvgIpc) is 4.03. The summed E-state index contributed by atoms with van der Waals surface area (Å²) in [5, 5.41) is 11.6. The van der Waals surface area contributed by atoms with Gasteiger partial charge in [0.25, 0.3) is 0 Å². The molecule has 13 rings (SSSR count). The van der Waals surface area contributed by atoms with Crippen LogP contribution in [0.4, 0.5) is 17.1 Å². The molecule has 0 saturated heterocycles. The van der Waals surface area contributed by atoms with Gasteiger partial charge in [0.05, 0.1) is 5.69 Å². The van der Waals surface area contributed by atoms with Crippen molar-refractivity contribution < 1.29 is 8.83 Å². The zero-order chi connectivity index (χ0) is 45.0.